The Morgan fingerprint density at radius 3 is 2.40 bits per heavy atom. The predicted molar refractivity (Wildman–Crippen MR) is 263 cm³/mol. The number of nitrogens with zero attached hydrogens (tertiary/aromatic N) is 5. The first-order valence-electron chi connectivity index (χ1n) is 24.8. The molecule has 4 aromatic carbocycles. The van der Waals surface area contributed by atoms with Crippen LogP contribution < -0.4 is 30.7 Å². The van der Waals surface area contributed by atoms with Crippen molar-refractivity contribution in [3.05, 3.63) is 105 Å². The van der Waals surface area contributed by atoms with Crippen LogP contribution in [0.3, 0.4) is 0 Å². The standard InChI is InChI=1S/C53H58ClF3N8O7/c1-29-42-40(24-38(55)45(54)44(42)43-36(49(58)68)14-15-39(47(43)57)71-23-22-66)72-53(29,33-6-4-3-5-7-33)28-59-34-10-8-32(9-11-34)51(69)64-26-30(27-64)25-63-19-16-31(17-20-63)35-12-13-37-48(46(35)56)62(2)61-50(37)65-21-18-41(67)60-52(65)70/h3-7,12-15,24,29-32,34,59,66H,8-11,16-23,25-28H2,1-2H3,(H2,58,68)(H,60,67,70)/t29-,32?,34?,53-/m0/s1. The number of piperidine rings is 1. The monoisotopic (exact) mass is 1010 g/mol. The van der Waals surface area contributed by atoms with Gasteiger partial charge in [0.1, 0.15) is 23.7 Å². The van der Waals surface area contributed by atoms with E-state index in [0.29, 0.717) is 59.7 Å². The largest absolute Gasteiger partial charge is 0.488 e. The molecule has 1 aromatic heterocycles. The summed E-state index contributed by atoms with van der Waals surface area (Å²) < 4.78 is 62.2. The number of urea groups is 1. The summed E-state index contributed by atoms with van der Waals surface area (Å²) in [5.41, 5.74) is 6.20. The number of likely N-dealkylation sites (tertiary alicyclic amines) is 2. The molecular formula is C53H58ClF3N8O7. The van der Waals surface area contributed by atoms with Crippen LogP contribution in [0.5, 0.6) is 11.5 Å². The van der Waals surface area contributed by atoms with Gasteiger partial charge < -0.3 is 35.4 Å². The molecule has 3 saturated heterocycles. The number of amides is 5. The molecule has 1 aliphatic carbocycles. The first-order valence-corrected chi connectivity index (χ1v) is 25.2. The number of fused-ring (bicyclic) bond motifs is 2. The highest BCUT2D eigenvalue weighted by Crippen LogP contribution is 2.56. The van der Waals surface area contributed by atoms with E-state index in [2.05, 4.69) is 20.6 Å². The van der Waals surface area contributed by atoms with Crippen molar-refractivity contribution in [2.24, 2.45) is 24.6 Å². The minimum absolute atomic E-state index is 0.0340. The topological polar surface area (TPSA) is 185 Å². The van der Waals surface area contributed by atoms with Crippen LogP contribution in [-0.4, -0.2) is 114 Å². The highest BCUT2D eigenvalue weighted by atomic mass is 35.5. The second-order valence-corrected chi connectivity index (χ2v) is 20.3. The quantitative estimate of drug-likeness (QED) is 0.0895. The van der Waals surface area contributed by atoms with Gasteiger partial charge in [-0.15, -0.1) is 0 Å². The molecule has 0 unspecified atom stereocenters. The maximum Gasteiger partial charge on any atom is 0.329 e. The minimum Gasteiger partial charge on any atom is -0.488 e. The molecule has 5 amide bonds. The summed E-state index contributed by atoms with van der Waals surface area (Å²) in [5.74, 6) is -3.33. The van der Waals surface area contributed by atoms with Gasteiger partial charge in [-0.2, -0.15) is 5.10 Å². The Kier molecular flexibility index (Phi) is 13.7. The molecule has 10 rings (SSSR count). The van der Waals surface area contributed by atoms with Gasteiger partial charge in [-0.1, -0.05) is 54.9 Å². The van der Waals surface area contributed by atoms with Gasteiger partial charge in [-0.3, -0.25) is 29.3 Å². The normalized spacial score (nSPS) is 23.0. The number of rotatable bonds is 14. The number of anilines is 1. The molecule has 5 aliphatic rings. The summed E-state index contributed by atoms with van der Waals surface area (Å²) in [4.78, 5) is 56.6. The van der Waals surface area contributed by atoms with Crippen LogP contribution >= 0.6 is 11.6 Å². The number of aliphatic hydroxyl groups is 1. The number of aromatic nitrogens is 2. The van der Waals surface area contributed by atoms with E-state index < -0.39 is 40.1 Å². The van der Waals surface area contributed by atoms with E-state index in [4.69, 9.17) is 26.8 Å². The number of nitrogens with one attached hydrogen (secondary N) is 2. The second kappa shape index (κ2) is 20.0. The number of imide groups is 1. The molecule has 72 heavy (non-hydrogen) atoms. The maximum absolute atomic E-state index is 16.5. The zero-order chi connectivity index (χ0) is 50.6. The highest BCUT2D eigenvalue weighted by Gasteiger charge is 2.50. The number of nitrogens with two attached hydrogens (primary N) is 1. The van der Waals surface area contributed by atoms with E-state index in [0.717, 1.165) is 50.9 Å². The molecule has 0 spiro atoms. The van der Waals surface area contributed by atoms with Crippen LogP contribution in [0.15, 0.2) is 60.7 Å². The van der Waals surface area contributed by atoms with Crippen molar-refractivity contribution in [3.63, 3.8) is 0 Å². The van der Waals surface area contributed by atoms with Crippen LogP contribution in [0.4, 0.5) is 23.8 Å². The van der Waals surface area contributed by atoms with Crippen molar-refractivity contribution in [3.8, 4) is 22.6 Å². The Labute approximate surface area is 419 Å². The number of aryl methyl sites for hydroxylation is 1. The fraction of sp³-hybridized carbons (Fsp3) is 0.453. The molecule has 0 radical (unpaired) electrons. The third kappa shape index (κ3) is 8.93. The summed E-state index contributed by atoms with van der Waals surface area (Å²) in [6, 6.07) is 16.3. The maximum atomic E-state index is 16.5. The van der Waals surface area contributed by atoms with Crippen molar-refractivity contribution < 1.29 is 46.9 Å². The number of carbonyl (C=O) groups excluding carboxylic acids is 4. The van der Waals surface area contributed by atoms with Gasteiger partial charge in [-0.05, 0) is 86.9 Å². The number of benzene rings is 4. The molecule has 5 aromatic rings. The third-order valence-electron chi connectivity index (χ3n) is 15.7. The molecular weight excluding hydrogens is 953 g/mol. The van der Waals surface area contributed by atoms with Crippen LogP contribution in [0, 0.1) is 29.3 Å². The van der Waals surface area contributed by atoms with Gasteiger partial charge in [0.15, 0.2) is 28.8 Å². The first-order chi connectivity index (χ1) is 34.7. The first kappa shape index (κ1) is 49.4. The van der Waals surface area contributed by atoms with Crippen molar-refractivity contribution in [2.75, 3.05) is 63.9 Å². The van der Waals surface area contributed by atoms with E-state index in [9.17, 15) is 24.3 Å². The fourth-order valence-corrected chi connectivity index (χ4v) is 12.1. The molecule has 1 saturated carbocycles. The van der Waals surface area contributed by atoms with Gasteiger partial charge in [0.05, 0.1) is 17.2 Å². The van der Waals surface area contributed by atoms with Crippen molar-refractivity contribution in [1.82, 2.24) is 30.2 Å². The van der Waals surface area contributed by atoms with Gasteiger partial charge in [0.2, 0.25) is 17.7 Å². The predicted octanol–water partition coefficient (Wildman–Crippen LogP) is 7.11. The molecule has 380 valence electrons. The average molecular weight is 1010 g/mol. The molecule has 4 aliphatic heterocycles. The van der Waals surface area contributed by atoms with Crippen LogP contribution in [0.1, 0.15) is 90.8 Å². The van der Waals surface area contributed by atoms with Crippen LogP contribution in [-0.2, 0) is 22.2 Å². The SMILES string of the molecule is C[C@H]1c2c(cc(F)c(Cl)c2-c2c(C(N)=O)ccc(OCCO)c2F)O[C@]1(CNC1CCC(C(=O)N2CC(CN3CCC(c4ccc5c(N6CCC(=O)NC6=O)nn(C)c5c4F)CC3)C2)CC1)c1ccccc1. The lowest BCUT2D eigenvalue weighted by Crippen LogP contribution is -2.56. The Hall–Kier alpha value is -6.21. The summed E-state index contributed by atoms with van der Waals surface area (Å²) >= 11 is 6.71. The molecule has 0 bridgehead atoms. The van der Waals surface area contributed by atoms with E-state index >= 15 is 13.2 Å². The number of primary amides is 1. The lowest BCUT2D eigenvalue weighted by molar-refractivity contribution is -0.143. The van der Waals surface area contributed by atoms with E-state index in [-0.39, 0.29) is 96.4 Å². The third-order valence-corrected chi connectivity index (χ3v) is 16.1. The molecule has 5 heterocycles. The zero-order valence-corrected chi connectivity index (χ0v) is 41.0. The smallest absolute Gasteiger partial charge is 0.329 e. The van der Waals surface area contributed by atoms with Crippen molar-refractivity contribution in [1.29, 1.82) is 0 Å². The van der Waals surface area contributed by atoms with E-state index in [1.807, 2.05) is 54.3 Å². The molecule has 4 fully saturated rings. The van der Waals surface area contributed by atoms with Crippen molar-refractivity contribution in [2.45, 2.75) is 75.3 Å². The molecule has 2 atom stereocenters. The summed E-state index contributed by atoms with van der Waals surface area (Å²) in [7, 11) is 1.66. The second-order valence-electron chi connectivity index (χ2n) is 20.0. The summed E-state index contributed by atoms with van der Waals surface area (Å²) in [6.07, 6.45) is 4.67. The van der Waals surface area contributed by atoms with E-state index in [1.165, 1.54) is 27.8 Å². The fourth-order valence-electron chi connectivity index (χ4n) is 11.8. The highest BCUT2D eigenvalue weighted by molar-refractivity contribution is 6.34. The zero-order valence-electron chi connectivity index (χ0n) is 40.2. The lowest BCUT2D eigenvalue weighted by Gasteiger charge is -2.45. The summed E-state index contributed by atoms with van der Waals surface area (Å²) in [6.45, 7) is 5.68. The Morgan fingerprint density at radius 2 is 1.71 bits per heavy atom. The number of aliphatic hydroxyl groups excluding tert-OH is 1. The Bertz CT molecular complexity index is 2940. The van der Waals surface area contributed by atoms with Gasteiger partial charge >= 0.3 is 6.03 Å². The molecule has 15 nitrogen and oxygen atoms in total. The number of hydrogen-bond acceptors (Lipinski definition) is 10. The van der Waals surface area contributed by atoms with Crippen LogP contribution in [0.25, 0.3) is 22.0 Å². The number of halogens is 4. The summed E-state index contributed by atoms with van der Waals surface area (Å²) in [5, 5.41) is 20.0. The van der Waals surface area contributed by atoms with E-state index in [1.54, 1.807) is 7.05 Å². The van der Waals surface area contributed by atoms with Crippen LogP contribution in [0.2, 0.25) is 5.02 Å². The van der Waals surface area contributed by atoms with Gasteiger partial charge in [0.25, 0.3) is 0 Å². The molecule has 5 N–H and O–H groups in total. The number of hydrogen-bond donors (Lipinski definition) is 4. The Balaban J connectivity index is 0.742. The van der Waals surface area contributed by atoms with Gasteiger partial charge in [0, 0.05) is 98.1 Å². The molecule has 19 heteroatoms. The lowest BCUT2D eigenvalue weighted by atomic mass is 9.77. The average Bonchev–Trinajstić information content (AvgIpc) is 3.85. The minimum atomic E-state index is -1.12. The number of ether oxygens (including phenoxy) is 2. The van der Waals surface area contributed by atoms with Gasteiger partial charge in [-0.25, -0.2) is 18.0 Å². The number of carbonyl (C=O) groups is 4. The van der Waals surface area contributed by atoms with Crippen molar-refractivity contribution >= 4 is 52.1 Å². The Morgan fingerprint density at radius 1 is 0.972 bits per heavy atom.